The lowest BCUT2D eigenvalue weighted by Gasteiger charge is -2.40. The highest BCUT2D eigenvalue weighted by atomic mass is 19.1. The van der Waals surface area contributed by atoms with Crippen LogP contribution in [0.4, 0.5) is 4.39 Å². The van der Waals surface area contributed by atoms with Gasteiger partial charge in [-0.25, -0.2) is 4.39 Å². The van der Waals surface area contributed by atoms with Gasteiger partial charge in [0.15, 0.2) is 0 Å². The molecular weight excluding hydrogens is 159 g/mol. The maximum absolute atomic E-state index is 12.3. The lowest BCUT2D eigenvalue weighted by Crippen LogP contribution is -2.60. The standard InChI is InChI=1S/C5H8FO5/c6-4-2(8)1(7)3(9)5(10)11-4/h1-5,7-9H/q-1/t1-,2-,3+,4-,5+/m1/s1. The van der Waals surface area contributed by atoms with E-state index in [0.717, 1.165) is 0 Å². The number of ether oxygens (including phenoxy) is 1. The van der Waals surface area contributed by atoms with Crippen molar-refractivity contribution in [1.82, 2.24) is 0 Å². The summed E-state index contributed by atoms with van der Waals surface area (Å²) < 4.78 is 16.2. The van der Waals surface area contributed by atoms with Crippen LogP contribution in [0.25, 0.3) is 0 Å². The van der Waals surface area contributed by atoms with Gasteiger partial charge in [-0.15, -0.1) is 0 Å². The number of aliphatic hydroxyl groups is 3. The molecule has 0 aromatic rings. The third kappa shape index (κ3) is 1.49. The van der Waals surface area contributed by atoms with Crippen LogP contribution in [0.5, 0.6) is 0 Å². The number of hydrogen-bond donors (Lipinski definition) is 3. The Balaban J connectivity index is 2.63. The predicted molar refractivity (Wildman–Crippen MR) is 27.8 cm³/mol. The second kappa shape index (κ2) is 3.00. The van der Waals surface area contributed by atoms with E-state index in [9.17, 15) is 9.50 Å². The van der Waals surface area contributed by atoms with Crippen LogP contribution in [0.1, 0.15) is 0 Å². The van der Waals surface area contributed by atoms with Gasteiger partial charge in [-0.1, -0.05) is 0 Å². The molecule has 0 spiro atoms. The van der Waals surface area contributed by atoms with Crippen molar-refractivity contribution in [1.29, 1.82) is 0 Å². The Morgan fingerprint density at radius 3 is 2.18 bits per heavy atom. The Hall–Kier alpha value is -0.270. The van der Waals surface area contributed by atoms with E-state index in [1.54, 1.807) is 0 Å². The minimum Gasteiger partial charge on any atom is -0.829 e. The third-order valence-corrected chi connectivity index (χ3v) is 1.51. The van der Waals surface area contributed by atoms with Crippen LogP contribution in [0.15, 0.2) is 0 Å². The highest BCUT2D eigenvalue weighted by molar-refractivity contribution is 4.83. The van der Waals surface area contributed by atoms with E-state index in [1.807, 2.05) is 0 Å². The first kappa shape index (κ1) is 8.82. The van der Waals surface area contributed by atoms with Crippen molar-refractivity contribution < 1.29 is 29.6 Å². The topological polar surface area (TPSA) is 93.0 Å². The summed E-state index contributed by atoms with van der Waals surface area (Å²) >= 11 is 0. The van der Waals surface area contributed by atoms with Gasteiger partial charge in [0.2, 0.25) is 6.36 Å². The molecule has 66 valence electrons. The van der Waals surface area contributed by atoms with Crippen LogP contribution in [-0.4, -0.2) is 46.3 Å². The zero-order valence-corrected chi connectivity index (χ0v) is 5.42. The van der Waals surface area contributed by atoms with Gasteiger partial charge in [-0.3, -0.25) is 0 Å². The molecule has 6 heteroatoms. The molecule has 1 aliphatic rings. The van der Waals surface area contributed by atoms with Crippen molar-refractivity contribution >= 4 is 0 Å². The zero-order valence-electron chi connectivity index (χ0n) is 5.42. The van der Waals surface area contributed by atoms with Crippen LogP contribution in [0, 0.1) is 0 Å². The molecule has 0 aromatic carbocycles. The van der Waals surface area contributed by atoms with Crippen LogP contribution < -0.4 is 5.11 Å². The van der Waals surface area contributed by atoms with Gasteiger partial charge in [-0.2, -0.15) is 0 Å². The highest BCUT2D eigenvalue weighted by Crippen LogP contribution is 2.18. The molecule has 1 rings (SSSR count). The fourth-order valence-corrected chi connectivity index (χ4v) is 0.807. The fraction of sp³-hybridized carbons (Fsp3) is 1.00. The quantitative estimate of drug-likeness (QED) is 0.359. The minimum atomic E-state index is -2.23. The number of aliphatic hydroxyl groups excluding tert-OH is 3. The average Bonchev–Trinajstić information content (AvgIpc) is 1.97. The van der Waals surface area contributed by atoms with Crippen LogP contribution in [-0.2, 0) is 4.74 Å². The first-order valence-electron chi connectivity index (χ1n) is 3.03. The van der Waals surface area contributed by atoms with E-state index in [-0.39, 0.29) is 0 Å². The van der Waals surface area contributed by atoms with E-state index < -0.39 is 31.0 Å². The zero-order chi connectivity index (χ0) is 8.59. The molecule has 1 fully saturated rings. The summed E-state index contributed by atoms with van der Waals surface area (Å²) in [6.45, 7) is 0. The first-order valence-corrected chi connectivity index (χ1v) is 3.03. The van der Waals surface area contributed by atoms with E-state index >= 15 is 0 Å². The normalized spacial score (nSPS) is 52.6. The van der Waals surface area contributed by atoms with Crippen LogP contribution in [0.3, 0.4) is 0 Å². The van der Waals surface area contributed by atoms with Gasteiger partial charge in [0.1, 0.15) is 12.2 Å². The van der Waals surface area contributed by atoms with Gasteiger partial charge in [0.25, 0.3) is 0 Å². The highest BCUT2D eigenvalue weighted by Gasteiger charge is 2.39. The van der Waals surface area contributed by atoms with E-state index in [2.05, 4.69) is 4.74 Å². The summed E-state index contributed by atoms with van der Waals surface area (Å²) in [4.78, 5) is 0. The molecule has 0 radical (unpaired) electrons. The molecule has 0 amide bonds. The molecule has 0 bridgehead atoms. The molecule has 1 aliphatic heterocycles. The number of hydrogen-bond acceptors (Lipinski definition) is 5. The molecular formula is C5H8FO5-. The summed E-state index contributed by atoms with van der Waals surface area (Å²) in [7, 11) is 0. The van der Waals surface area contributed by atoms with Crippen molar-refractivity contribution in [2.24, 2.45) is 0 Å². The number of rotatable bonds is 0. The van der Waals surface area contributed by atoms with Crippen molar-refractivity contribution in [2.45, 2.75) is 31.0 Å². The largest absolute Gasteiger partial charge is 0.829 e. The van der Waals surface area contributed by atoms with Gasteiger partial charge in [0.05, 0.1) is 6.10 Å². The van der Waals surface area contributed by atoms with E-state index in [0.29, 0.717) is 0 Å². The molecule has 1 heterocycles. The monoisotopic (exact) mass is 167 g/mol. The van der Waals surface area contributed by atoms with E-state index in [4.69, 9.17) is 15.3 Å². The second-order valence-corrected chi connectivity index (χ2v) is 2.33. The van der Waals surface area contributed by atoms with Gasteiger partial charge in [-0.05, 0) is 0 Å². The van der Waals surface area contributed by atoms with Crippen LogP contribution >= 0.6 is 0 Å². The van der Waals surface area contributed by atoms with E-state index in [1.165, 1.54) is 0 Å². The third-order valence-electron chi connectivity index (χ3n) is 1.51. The molecule has 5 atom stereocenters. The Kier molecular flexibility index (Phi) is 2.40. The summed E-state index contributed by atoms with van der Waals surface area (Å²) in [5.74, 6) is 0. The molecule has 0 aromatic heterocycles. The number of halogens is 1. The molecule has 5 nitrogen and oxygen atoms in total. The maximum Gasteiger partial charge on any atom is 0.226 e. The van der Waals surface area contributed by atoms with Crippen LogP contribution in [0.2, 0.25) is 0 Å². The maximum atomic E-state index is 12.3. The van der Waals surface area contributed by atoms with Crippen molar-refractivity contribution in [3.8, 4) is 0 Å². The Labute approximate surface area is 61.6 Å². The summed E-state index contributed by atoms with van der Waals surface area (Å²) in [6, 6.07) is 0. The SMILES string of the molecule is [O-][C@H]1O[C@@H](F)[C@H](O)[C@@H](O)[C@@H]1O. The van der Waals surface area contributed by atoms with Gasteiger partial charge in [0, 0.05) is 6.29 Å². The summed E-state index contributed by atoms with van der Waals surface area (Å²) in [6.07, 6.45) is -9.67. The lowest BCUT2D eigenvalue weighted by atomic mass is 10.1. The minimum absolute atomic E-state index is 1.78. The fourth-order valence-electron chi connectivity index (χ4n) is 0.807. The van der Waals surface area contributed by atoms with Gasteiger partial charge < -0.3 is 25.2 Å². The van der Waals surface area contributed by atoms with Crippen molar-refractivity contribution in [3.63, 3.8) is 0 Å². The summed E-state index contributed by atoms with van der Waals surface area (Å²) in [5, 5.41) is 36.6. The van der Waals surface area contributed by atoms with Crippen molar-refractivity contribution in [3.05, 3.63) is 0 Å². The number of alkyl halides is 1. The molecule has 0 saturated carbocycles. The average molecular weight is 167 g/mol. The Bertz CT molecular complexity index is 129. The lowest BCUT2D eigenvalue weighted by molar-refractivity contribution is -0.538. The smallest absolute Gasteiger partial charge is 0.226 e. The Morgan fingerprint density at radius 2 is 1.64 bits per heavy atom. The summed E-state index contributed by atoms with van der Waals surface area (Å²) in [5.41, 5.74) is 0. The Morgan fingerprint density at radius 1 is 1.09 bits per heavy atom. The van der Waals surface area contributed by atoms with Crippen molar-refractivity contribution in [2.75, 3.05) is 0 Å². The molecule has 1 saturated heterocycles. The van der Waals surface area contributed by atoms with Gasteiger partial charge >= 0.3 is 0 Å². The molecule has 0 unspecified atom stereocenters. The molecule has 3 N–H and O–H groups in total. The molecule has 0 aliphatic carbocycles. The molecule has 11 heavy (non-hydrogen) atoms. The first-order chi connectivity index (χ1) is 5.04. The predicted octanol–water partition coefficient (Wildman–Crippen LogP) is -2.92. The second-order valence-electron chi connectivity index (χ2n) is 2.33.